The van der Waals surface area contributed by atoms with Gasteiger partial charge in [0.2, 0.25) is 5.91 Å². The maximum absolute atomic E-state index is 11.9. The Bertz CT molecular complexity index is 458. The Morgan fingerprint density at radius 1 is 1.33 bits per heavy atom. The number of carbonyl (C=O) groups is 1. The minimum atomic E-state index is -1.14. The van der Waals surface area contributed by atoms with Crippen LogP contribution in [0.3, 0.4) is 0 Å². The molecule has 1 aliphatic heterocycles. The summed E-state index contributed by atoms with van der Waals surface area (Å²) < 4.78 is 5.64. The largest absolute Gasteiger partial charge is 0.378 e. The number of ether oxygens (including phenoxy) is 1. The third-order valence-corrected chi connectivity index (χ3v) is 4.14. The molecule has 1 fully saturated rings. The molecule has 21 heavy (non-hydrogen) atoms. The number of nitrogens with zero attached hydrogens (tertiary/aromatic N) is 1. The number of amides is 1. The van der Waals surface area contributed by atoms with Crippen molar-refractivity contribution in [2.75, 3.05) is 26.2 Å². The van der Waals surface area contributed by atoms with Gasteiger partial charge in [0.1, 0.15) is 5.54 Å². The van der Waals surface area contributed by atoms with Gasteiger partial charge < -0.3 is 21.1 Å². The van der Waals surface area contributed by atoms with Gasteiger partial charge in [0.05, 0.1) is 6.10 Å². The molecule has 1 aromatic carbocycles. The van der Waals surface area contributed by atoms with Crippen LogP contribution in [0.5, 0.6) is 0 Å². The Kier molecular flexibility index (Phi) is 5.33. The monoisotopic (exact) mass is 291 g/mol. The van der Waals surface area contributed by atoms with E-state index >= 15 is 0 Å². The molecule has 1 unspecified atom stereocenters. The predicted octanol–water partition coefficient (Wildman–Crippen LogP) is 0.827. The Hall–Kier alpha value is -1.43. The van der Waals surface area contributed by atoms with Crippen molar-refractivity contribution in [2.45, 2.75) is 31.4 Å². The number of hydrogen-bond acceptors (Lipinski definition) is 4. The van der Waals surface area contributed by atoms with Crippen LogP contribution in [-0.4, -0.2) is 43.2 Å². The number of carbonyl (C=O) groups excluding carboxylic acids is 1. The number of nitrogens with two attached hydrogens (primary N) is 2. The van der Waals surface area contributed by atoms with E-state index in [0.717, 1.165) is 38.1 Å². The third kappa shape index (κ3) is 3.81. The molecule has 0 radical (unpaired) electrons. The van der Waals surface area contributed by atoms with E-state index in [0.29, 0.717) is 12.6 Å². The lowest BCUT2D eigenvalue weighted by Crippen LogP contribution is -2.57. The van der Waals surface area contributed by atoms with Crippen molar-refractivity contribution in [1.82, 2.24) is 4.90 Å². The standard InChI is InChI=1S/C16H25N3O2/c1-2-21-14-8-10-19(11-9-14)12-16(18,15(17)20)13-6-4-3-5-7-13/h3-7,14H,2,8-12,18H2,1H3,(H2,17,20). The number of primary amides is 1. The molecule has 1 amide bonds. The molecule has 1 atom stereocenters. The average molecular weight is 291 g/mol. The average Bonchev–Trinajstić information content (AvgIpc) is 2.50. The van der Waals surface area contributed by atoms with Crippen LogP contribution >= 0.6 is 0 Å². The van der Waals surface area contributed by atoms with Crippen LogP contribution in [0.1, 0.15) is 25.3 Å². The van der Waals surface area contributed by atoms with Crippen molar-refractivity contribution in [3.63, 3.8) is 0 Å². The molecule has 5 heteroatoms. The number of hydrogen-bond donors (Lipinski definition) is 2. The lowest BCUT2D eigenvalue weighted by molar-refractivity contribution is -0.124. The van der Waals surface area contributed by atoms with Gasteiger partial charge in [-0.2, -0.15) is 0 Å². The maximum Gasteiger partial charge on any atom is 0.243 e. The second kappa shape index (κ2) is 7.02. The van der Waals surface area contributed by atoms with E-state index in [1.54, 1.807) is 0 Å². The van der Waals surface area contributed by atoms with E-state index in [1.807, 2.05) is 37.3 Å². The molecule has 116 valence electrons. The van der Waals surface area contributed by atoms with Crippen LogP contribution in [-0.2, 0) is 15.1 Å². The van der Waals surface area contributed by atoms with Gasteiger partial charge in [-0.1, -0.05) is 30.3 Å². The first-order valence-electron chi connectivity index (χ1n) is 7.54. The molecule has 1 heterocycles. The summed E-state index contributed by atoms with van der Waals surface area (Å²) in [6.45, 7) is 4.97. The van der Waals surface area contributed by atoms with Crippen molar-refractivity contribution >= 4 is 5.91 Å². The zero-order valence-corrected chi connectivity index (χ0v) is 12.6. The Balaban J connectivity index is 2.03. The van der Waals surface area contributed by atoms with Crippen LogP contribution in [0.15, 0.2) is 30.3 Å². The zero-order chi connectivity index (χ0) is 15.3. The molecule has 1 aliphatic rings. The molecule has 0 saturated carbocycles. The maximum atomic E-state index is 11.9. The summed E-state index contributed by atoms with van der Waals surface area (Å²) in [7, 11) is 0. The van der Waals surface area contributed by atoms with Gasteiger partial charge in [0.25, 0.3) is 0 Å². The van der Waals surface area contributed by atoms with Crippen molar-refractivity contribution in [2.24, 2.45) is 11.5 Å². The Morgan fingerprint density at radius 2 is 1.95 bits per heavy atom. The molecule has 0 aromatic heterocycles. The molecule has 5 nitrogen and oxygen atoms in total. The molecule has 1 saturated heterocycles. The molecule has 0 aliphatic carbocycles. The van der Waals surface area contributed by atoms with Gasteiger partial charge in [-0.3, -0.25) is 4.79 Å². The first kappa shape index (κ1) is 15.9. The van der Waals surface area contributed by atoms with Gasteiger partial charge >= 0.3 is 0 Å². The second-order valence-corrected chi connectivity index (χ2v) is 5.63. The molecule has 1 aromatic rings. The molecular formula is C16H25N3O2. The minimum Gasteiger partial charge on any atom is -0.378 e. The first-order chi connectivity index (χ1) is 10.1. The predicted molar refractivity (Wildman–Crippen MR) is 82.6 cm³/mol. The van der Waals surface area contributed by atoms with Crippen molar-refractivity contribution in [1.29, 1.82) is 0 Å². The lowest BCUT2D eigenvalue weighted by atomic mass is 9.89. The van der Waals surface area contributed by atoms with Gasteiger partial charge in [0, 0.05) is 26.2 Å². The molecule has 0 spiro atoms. The second-order valence-electron chi connectivity index (χ2n) is 5.63. The smallest absolute Gasteiger partial charge is 0.243 e. The molecule has 2 rings (SSSR count). The topological polar surface area (TPSA) is 81.6 Å². The third-order valence-electron chi connectivity index (χ3n) is 4.14. The van der Waals surface area contributed by atoms with Crippen LogP contribution in [0.25, 0.3) is 0 Å². The summed E-state index contributed by atoms with van der Waals surface area (Å²) in [6.07, 6.45) is 2.26. The number of piperidine rings is 1. The summed E-state index contributed by atoms with van der Waals surface area (Å²) >= 11 is 0. The van der Waals surface area contributed by atoms with E-state index in [2.05, 4.69) is 4.90 Å². The lowest BCUT2D eigenvalue weighted by Gasteiger charge is -2.37. The van der Waals surface area contributed by atoms with Gasteiger partial charge in [-0.25, -0.2) is 0 Å². The highest BCUT2D eigenvalue weighted by Crippen LogP contribution is 2.22. The summed E-state index contributed by atoms with van der Waals surface area (Å²) in [5.41, 5.74) is 11.5. The highest BCUT2D eigenvalue weighted by Gasteiger charge is 2.36. The van der Waals surface area contributed by atoms with Gasteiger partial charge in [0.15, 0.2) is 0 Å². The van der Waals surface area contributed by atoms with Crippen molar-refractivity contribution in [3.05, 3.63) is 35.9 Å². The zero-order valence-electron chi connectivity index (χ0n) is 12.6. The quantitative estimate of drug-likeness (QED) is 0.813. The fourth-order valence-corrected chi connectivity index (χ4v) is 2.87. The van der Waals surface area contributed by atoms with Crippen LogP contribution in [0.2, 0.25) is 0 Å². The van der Waals surface area contributed by atoms with E-state index in [9.17, 15) is 4.79 Å². The van der Waals surface area contributed by atoms with Crippen LogP contribution < -0.4 is 11.5 Å². The van der Waals surface area contributed by atoms with Gasteiger partial charge in [-0.15, -0.1) is 0 Å². The minimum absolute atomic E-state index is 0.323. The number of benzene rings is 1. The summed E-state index contributed by atoms with van der Waals surface area (Å²) in [5.74, 6) is -0.486. The number of likely N-dealkylation sites (tertiary alicyclic amines) is 1. The van der Waals surface area contributed by atoms with Crippen LogP contribution in [0.4, 0.5) is 0 Å². The van der Waals surface area contributed by atoms with Crippen LogP contribution in [0, 0.1) is 0 Å². The summed E-state index contributed by atoms with van der Waals surface area (Å²) in [6, 6.07) is 9.37. The van der Waals surface area contributed by atoms with E-state index in [4.69, 9.17) is 16.2 Å². The highest BCUT2D eigenvalue weighted by molar-refractivity contribution is 5.86. The van der Waals surface area contributed by atoms with Crippen molar-refractivity contribution < 1.29 is 9.53 Å². The highest BCUT2D eigenvalue weighted by atomic mass is 16.5. The summed E-state index contributed by atoms with van der Waals surface area (Å²) in [5, 5.41) is 0. The normalized spacial score (nSPS) is 20.1. The SMILES string of the molecule is CCOC1CCN(CC(N)(C(N)=O)c2ccccc2)CC1. The summed E-state index contributed by atoms with van der Waals surface area (Å²) in [4.78, 5) is 14.1. The Labute approximate surface area is 126 Å². The van der Waals surface area contributed by atoms with Crippen molar-refractivity contribution in [3.8, 4) is 0 Å². The van der Waals surface area contributed by atoms with E-state index < -0.39 is 11.4 Å². The van der Waals surface area contributed by atoms with Gasteiger partial charge in [-0.05, 0) is 25.3 Å². The first-order valence-corrected chi connectivity index (χ1v) is 7.54. The molecular weight excluding hydrogens is 266 g/mol. The fourth-order valence-electron chi connectivity index (χ4n) is 2.87. The Morgan fingerprint density at radius 3 is 2.48 bits per heavy atom. The fraction of sp³-hybridized carbons (Fsp3) is 0.562. The van der Waals surface area contributed by atoms with E-state index in [-0.39, 0.29) is 0 Å². The van der Waals surface area contributed by atoms with E-state index in [1.165, 1.54) is 0 Å². The number of rotatable bonds is 6. The molecule has 0 bridgehead atoms. The molecule has 4 N–H and O–H groups in total.